The highest BCUT2D eigenvalue weighted by Crippen LogP contribution is 2.23. The zero-order valence-electron chi connectivity index (χ0n) is 19.1. The standard InChI is InChI=1S/C25H19N5O5/c1-13-17(25(34)30-21-7-5-4-6-20(21)28-22(30)18(13)11-26)10-16-14(2)19(12-27)24(33)29(23(16)32)8-9-35-15(3)31/h4-7,10,32H,8-9H2,1-3H3. The third-order valence-corrected chi connectivity index (χ3v) is 5.86. The first-order valence-corrected chi connectivity index (χ1v) is 10.6. The summed E-state index contributed by atoms with van der Waals surface area (Å²) < 4.78 is 7.11. The Bertz CT molecular complexity index is 1800. The van der Waals surface area contributed by atoms with Crippen LogP contribution in [-0.2, 0) is 16.1 Å². The molecule has 0 bridgehead atoms. The summed E-state index contributed by atoms with van der Waals surface area (Å²) in [7, 11) is 0. The third kappa shape index (κ3) is 3.67. The molecule has 0 saturated carbocycles. The van der Waals surface area contributed by atoms with E-state index in [0.717, 1.165) is 4.57 Å². The highest BCUT2D eigenvalue weighted by molar-refractivity contribution is 5.83. The van der Waals surface area contributed by atoms with Crippen LogP contribution in [0.2, 0.25) is 0 Å². The van der Waals surface area contributed by atoms with Crippen molar-refractivity contribution in [3.8, 4) is 18.0 Å². The van der Waals surface area contributed by atoms with Crippen molar-refractivity contribution in [2.24, 2.45) is 0 Å². The van der Waals surface area contributed by atoms with E-state index in [9.17, 15) is 30.0 Å². The van der Waals surface area contributed by atoms with E-state index in [-0.39, 0.29) is 46.3 Å². The minimum absolute atomic E-state index is 0.0665. The molecule has 4 rings (SSSR count). The Morgan fingerprint density at radius 1 is 1.11 bits per heavy atom. The van der Waals surface area contributed by atoms with E-state index >= 15 is 0 Å². The summed E-state index contributed by atoms with van der Waals surface area (Å²) in [5.74, 6) is -1.06. The fourth-order valence-electron chi connectivity index (χ4n) is 4.06. The lowest BCUT2D eigenvalue weighted by Gasteiger charge is -2.14. The molecule has 0 radical (unpaired) electrons. The number of nitriles is 2. The van der Waals surface area contributed by atoms with Crippen molar-refractivity contribution in [2.45, 2.75) is 27.3 Å². The van der Waals surface area contributed by atoms with Gasteiger partial charge in [0.05, 0.1) is 23.1 Å². The van der Waals surface area contributed by atoms with Gasteiger partial charge >= 0.3 is 5.97 Å². The van der Waals surface area contributed by atoms with Gasteiger partial charge in [0.15, 0.2) is 5.65 Å². The maximum absolute atomic E-state index is 13.6. The first kappa shape index (κ1) is 23.2. The molecule has 35 heavy (non-hydrogen) atoms. The van der Waals surface area contributed by atoms with Gasteiger partial charge in [-0.1, -0.05) is 12.1 Å². The Balaban J connectivity index is 2.10. The summed E-state index contributed by atoms with van der Waals surface area (Å²) >= 11 is 0. The minimum Gasteiger partial charge on any atom is -0.494 e. The number of carbonyl (C=O) groups excluding carboxylic acids is 1. The Hall–Kier alpha value is -4.96. The normalized spacial score (nSPS) is 11.5. The maximum Gasteiger partial charge on any atom is 0.302 e. The number of fused-ring (bicyclic) bond motifs is 3. The van der Waals surface area contributed by atoms with Crippen molar-refractivity contribution >= 4 is 28.7 Å². The summed E-state index contributed by atoms with van der Waals surface area (Å²) in [6.45, 7) is 3.89. The molecule has 0 spiro atoms. The van der Waals surface area contributed by atoms with Crippen LogP contribution in [0.15, 0.2) is 33.9 Å². The van der Waals surface area contributed by atoms with Gasteiger partial charge in [0.2, 0.25) is 5.88 Å². The highest BCUT2D eigenvalue weighted by atomic mass is 16.5. The van der Waals surface area contributed by atoms with Gasteiger partial charge in [0.25, 0.3) is 11.1 Å². The Morgan fingerprint density at radius 3 is 2.46 bits per heavy atom. The Morgan fingerprint density at radius 2 is 1.80 bits per heavy atom. The van der Waals surface area contributed by atoms with Gasteiger partial charge in [-0.3, -0.25) is 23.4 Å². The van der Waals surface area contributed by atoms with E-state index in [1.165, 1.54) is 24.3 Å². The second kappa shape index (κ2) is 8.76. The molecular formula is C25H19N5O5. The number of hydrogen-bond acceptors (Lipinski definition) is 8. The highest BCUT2D eigenvalue weighted by Gasteiger charge is 2.20. The number of carbonyl (C=O) groups is 1. The van der Waals surface area contributed by atoms with Crippen LogP contribution >= 0.6 is 0 Å². The largest absolute Gasteiger partial charge is 0.494 e. The molecule has 1 N–H and O–H groups in total. The zero-order valence-corrected chi connectivity index (χ0v) is 19.1. The molecule has 10 nitrogen and oxygen atoms in total. The lowest BCUT2D eigenvalue weighted by Crippen LogP contribution is -2.34. The minimum atomic E-state index is -0.750. The number of benzene rings is 1. The summed E-state index contributed by atoms with van der Waals surface area (Å²) in [6.07, 6.45) is 1.36. The number of hydrogen-bond donors (Lipinski definition) is 1. The van der Waals surface area contributed by atoms with Crippen molar-refractivity contribution in [3.05, 3.63) is 78.0 Å². The van der Waals surface area contributed by atoms with Gasteiger partial charge in [0, 0.05) is 17.7 Å². The van der Waals surface area contributed by atoms with Crippen molar-refractivity contribution < 1.29 is 14.6 Å². The van der Waals surface area contributed by atoms with Gasteiger partial charge in [-0.15, -0.1) is 0 Å². The molecule has 0 aliphatic rings. The van der Waals surface area contributed by atoms with Crippen LogP contribution in [-0.4, -0.2) is 31.6 Å². The van der Waals surface area contributed by atoms with Crippen LogP contribution in [0.1, 0.15) is 34.7 Å². The maximum atomic E-state index is 13.6. The predicted octanol–water partition coefficient (Wildman–Crippen LogP) is 1.19. The molecule has 0 atom stereocenters. The molecule has 0 aliphatic carbocycles. The Labute approximate surface area is 198 Å². The molecule has 0 amide bonds. The second-order valence-electron chi connectivity index (χ2n) is 7.88. The number of ether oxygens (including phenoxy) is 1. The quantitative estimate of drug-likeness (QED) is 0.438. The number of imidazole rings is 1. The fourth-order valence-corrected chi connectivity index (χ4v) is 4.06. The lowest BCUT2D eigenvalue weighted by atomic mass is 10.0. The molecule has 174 valence electrons. The van der Waals surface area contributed by atoms with Gasteiger partial charge in [-0.25, -0.2) is 4.98 Å². The van der Waals surface area contributed by atoms with Crippen LogP contribution in [0.5, 0.6) is 5.88 Å². The average Bonchev–Trinajstić information content (AvgIpc) is 3.20. The Kier molecular flexibility index (Phi) is 5.81. The number of para-hydroxylation sites is 2. The van der Waals surface area contributed by atoms with Crippen LogP contribution in [0.3, 0.4) is 0 Å². The molecule has 0 saturated heterocycles. The van der Waals surface area contributed by atoms with E-state index in [2.05, 4.69) is 11.1 Å². The van der Waals surface area contributed by atoms with Crippen molar-refractivity contribution in [2.75, 3.05) is 6.61 Å². The van der Waals surface area contributed by atoms with Crippen LogP contribution in [0.25, 0.3) is 22.8 Å². The number of aromatic nitrogens is 3. The third-order valence-electron chi connectivity index (χ3n) is 5.86. The van der Waals surface area contributed by atoms with Gasteiger partial charge in [-0.05, 0) is 43.2 Å². The first-order chi connectivity index (χ1) is 16.7. The second-order valence-corrected chi connectivity index (χ2v) is 7.88. The number of rotatable bonds is 4. The van der Waals surface area contributed by atoms with E-state index in [4.69, 9.17) is 4.74 Å². The number of esters is 1. The summed E-state index contributed by atoms with van der Waals surface area (Å²) in [4.78, 5) is 41.9. The van der Waals surface area contributed by atoms with Crippen molar-refractivity contribution in [3.63, 3.8) is 0 Å². The first-order valence-electron chi connectivity index (χ1n) is 10.6. The smallest absolute Gasteiger partial charge is 0.302 e. The van der Waals surface area contributed by atoms with Gasteiger partial charge in [0.1, 0.15) is 24.3 Å². The monoisotopic (exact) mass is 469 g/mol. The summed E-state index contributed by atoms with van der Waals surface area (Å²) in [5.41, 5.74) is 0.604. The van der Waals surface area contributed by atoms with Gasteiger partial charge < -0.3 is 9.84 Å². The van der Waals surface area contributed by atoms with Crippen molar-refractivity contribution in [1.82, 2.24) is 14.0 Å². The average molecular weight is 469 g/mol. The van der Waals surface area contributed by atoms with Crippen LogP contribution in [0, 0.1) is 36.5 Å². The molecule has 10 heteroatoms. The molecule has 4 aromatic rings. The van der Waals surface area contributed by atoms with Crippen LogP contribution in [0.4, 0.5) is 0 Å². The zero-order chi connectivity index (χ0) is 25.4. The van der Waals surface area contributed by atoms with Crippen molar-refractivity contribution in [1.29, 1.82) is 10.5 Å². The van der Waals surface area contributed by atoms with E-state index < -0.39 is 23.0 Å². The molecule has 3 aromatic heterocycles. The lowest BCUT2D eigenvalue weighted by molar-refractivity contribution is -0.141. The van der Waals surface area contributed by atoms with E-state index in [1.807, 2.05) is 6.07 Å². The van der Waals surface area contributed by atoms with E-state index in [0.29, 0.717) is 16.6 Å². The van der Waals surface area contributed by atoms with Gasteiger partial charge in [-0.2, -0.15) is 10.5 Å². The summed E-state index contributed by atoms with van der Waals surface area (Å²) in [5, 5.41) is 30.5. The van der Waals surface area contributed by atoms with E-state index in [1.54, 1.807) is 31.2 Å². The molecular weight excluding hydrogens is 450 g/mol. The number of nitrogens with zero attached hydrogens (tertiary/aromatic N) is 5. The molecule has 1 aromatic carbocycles. The molecule has 0 aliphatic heterocycles. The predicted molar refractivity (Wildman–Crippen MR) is 126 cm³/mol. The fraction of sp³-hybridized carbons (Fsp3) is 0.200. The number of aromatic hydroxyl groups is 1. The SMILES string of the molecule is CC(=O)OCCn1c(O)c(C=c2c(C)c(C#N)c3nc4ccccc4n3c2=O)c(C)c(C#N)c1=O. The molecule has 3 heterocycles. The summed E-state index contributed by atoms with van der Waals surface area (Å²) in [6, 6.07) is 10.9. The molecule has 0 fully saturated rings. The number of pyridine rings is 2. The molecule has 0 unspecified atom stereocenters. The topological polar surface area (TPSA) is 150 Å². The van der Waals surface area contributed by atoms with Crippen LogP contribution < -0.4 is 16.3 Å².